The molecule has 1 amide bonds. The van der Waals surface area contributed by atoms with Gasteiger partial charge in [-0.1, -0.05) is 0 Å². The molecular formula is C16H19F3N4O. The third-order valence-electron chi connectivity index (χ3n) is 4.19. The molecule has 2 aromatic rings. The van der Waals surface area contributed by atoms with Crippen molar-refractivity contribution in [3.8, 4) is 0 Å². The Balaban J connectivity index is 1.70. The van der Waals surface area contributed by atoms with E-state index in [0.29, 0.717) is 24.2 Å². The normalized spacial score (nSPS) is 19.1. The molecule has 0 saturated carbocycles. The highest BCUT2D eigenvalue weighted by molar-refractivity contribution is 6.00. The summed E-state index contributed by atoms with van der Waals surface area (Å²) in [4.78, 5) is 18.2. The predicted molar refractivity (Wildman–Crippen MR) is 83.0 cm³/mol. The van der Waals surface area contributed by atoms with Crippen molar-refractivity contribution in [1.82, 2.24) is 19.6 Å². The molecule has 1 saturated heterocycles. The van der Waals surface area contributed by atoms with E-state index in [1.54, 1.807) is 12.3 Å². The van der Waals surface area contributed by atoms with Crippen LogP contribution in [0.4, 0.5) is 13.2 Å². The maximum absolute atomic E-state index is 12.5. The van der Waals surface area contributed by atoms with Crippen LogP contribution in [-0.2, 0) is 0 Å². The van der Waals surface area contributed by atoms with Crippen LogP contribution in [0.25, 0.3) is 5.65 Å². The van der Waals surface area contributed by atoms with Crippen LogP contribution in [0.1, 0.15) is 28.2 Å². The summed E-state index contributed by atoms with van der Waals surface area (Å²) in [5.74, 6) is -0.297. The Morgan fingerprint density at radius 1 is 1.42 bits per heavy atom. The van der Waals surface area contributed by atoms with E-state index in [4.69, 9.17) is 0 Å². The van der Waals surface area contributed by atoms with Gasteiger partial charge in [0.2, 0.25) is 0 Å². The smallest absolute Gasteiger partial charge is 0.348 e. The molecule has 0 aromatic carbocycles. The number of amides is 1. The average Bonchev–Trinajstić information content (AvgIpc) is 3.03. The third kappa shape index (κ3) is 3.53. The van der Waals surface area contributed by atoms with Crippen LogP contribution in [0.3, 0.4) is 0 Å². The molecule has 8 heteroatoms. The molecule has 1 N–H and O–H groups in total. The molecular weight excluding hydrogens is 321 g/mol. The van der Waals surface area contributed by atoms with Crippen LogP contribution in [0.15, 0.2) is 18.3 Å². The number of hydrogen-bond donors (Lipinski definition) is 1. The molecule has 24 heavy (non-hydrogen) atoms. The summed E-state index contributed by atoms with van der Waals surface area (Å²) in [6.45, 7) is 3.39. The standard InChI is InChI=1S/C16H19F3N4O/c1-10-7-11(2)23-6-4-13(14(23)20-10)15(24)21-12-3-5-22(8-12)9-16(17,18)19/h4,6-7,12H,3,5,8-9H2,1-2H3,(H,21,24). The van der Waals surface area contributed by atoms with Gasteiger partial charge in [-0.25, -0.2) is 4.98 Å². The van der Waals surface area contributed by atoms with Gasteiger partial charge in [0.1, 0.15) is 5.65 Å². The fourth-order valence-corrected chi connectivity index (χ4v) is 3.18. The van der Waals surface area contributed by atoms with Gasteiger partial charge in [-0.15, -0.1) is 0 Å². The maximum Gasteiger partial charge on any atom is 0.401 e. The number of carbonyl (C=O) groups excluding carboxylic acids is 1. The molecule has 0 aliphatic carbocycles. The fourth-order valence-electron chi connectivity index (χ4n) is 3.18. The second kappa shape index (κ2) is 6.08. The summed E-state index contributed by atoms with van der Waals surface area (Å²) in [6, 6.07) is 3.33. The van der Waals surface area contributed by atoms with E-state index in [-0.39, 0.29) is 18.5 Å². The molecule has 1 unspecified atom stereocenters. The van der Waals surface area contributed by atoms with E-state index in [2.05, 4.69) is 10.3 Å². The van der Waals surface area contributed by atoms with Crippen LogP contribution in [0.2, 0.25) is 0 Å². The molecule has 0 spiro atoms. The van der Waals surface area contributed by atoms with E-state index in [0.717, 1.165) is 11.4 Å². The molecule has 3 heterocycles. The molecule has 130 valence electrons. The second-order valence-electron chi connectivity index (χ2n) is 6.27. The molecule has 0 bridgehead atoms. The summed E-state index contributed by atoms with van der Waals surface area (Å²) in [7, 11) is 0. The molecule has 1 atom stereocenters. The van der Waals surface area contributed by atoms with Crippen molar-refractivity contribution in [2.75, 3.05) is 19.6 Å². The minimum Gasteiger partial charge on any atom is -0.348 e. The Morgan fingerprint density at radius 2 is 2.17 bits per heavy atom. The summed E-state index contributed by atoms with van der Waals surface area (Å²) in [5.41, 5.74) is 2.78. The highest BCUT2D eigenvalue weighted by atomic mass is 19.4. The number of hydrogen-bond acceptors (Lipinski definition) is 3. The Hall–Kier alpha value is -2.09. The number of fused-ring (bicyclic) bond motifs is 1. The molecule has 3 rings (SSSR count). The van der Waals surface area contributed by atoms with Gasteiger partial charge in [-0.05, 0) is 32.4 Å². The predicted octanol–water partition coefficient (Wildman–Crippen LogP) is 2.32. The van der Waals surface area contributed by atoms with Gasteiger partial charge in [-0.3, -0.25) is 9.69 Å². The zero-order valence-electron chi connectivity index (χ0n) is 13.5. The van der Waals surface area contributed by atoms with Gasteiger partial charge in [0.25, 0.3) is 5.91 Å². The number of halogens is 3. The highest BCUT2D eigenvalue weighted by Crippen LogP contribution is 2.20. The zero-order valence-corrected chi connectivity index (χ0v) is 13.5. The molecule has 1 aliphatic heterocycles. The maximum atomic E-state index is 12.5. The van der Waals surface area contributed by atoms with Crippen molar-refractivity contribution < 1.29 is 18.0 Å². The monoisotopic (exact) mass is 340 g/mol. The van der Waals surface area contributed by atoms with E-state index >= 15 is 0 Å². The van der Waals surface area contributed by atoms with Gasteiger partial charge < -0.3 is 9.72 Å². The SMILES string of the molecule is Cc1cc(C)n2ccc(C(=O)NC3CCN(CC(F)(F)F)C3)c2n1. The third-order valence-corrected chi connectivity index (χ3v) is 4.19. The number of rotatable bonds is 3. The Morgan fingerprint density at radius 3 is 2.88 bits per heavy atom. The van der Waals surface area contributed by atoms with Crippen LogP contribution in [0, 0.1) is 13.8 Å². The fraction of sp³-hybridized carbons (Fsp3) is 0.500. The van der Waals surface area contributed by atoms with Crippen molar-refractivity contribution in [1.29, 1.82) is 0 Å². The van der Waals surface area contributed by atoms with Crippen molar-refractivity contribution in [2.45, 2.75) is 32.5 Å². The van der Waals surface area contributed by atoms with Crippen LogP contribution >= 0.6 is 0 Å². The van der Waals surface area contributed by atoms with Crippen LogP contribution in [0.5, 0.6) is 0 Å². The van der Waals surface area contributed by atoms with Crippen molar-refractivity contribution in [3.63, 3.8) is 0 Å². The number of aromatic nitrogens is 2. The molecule has 1 fully saturated rings. The van der Waals surface area contributed by atoms with Crippen LogP contribution < -0.4 is 5.32 Å². The van der Waals surface area contributed by atoms with Gasteiger partial charge in [0.05, 0.1) is 12.1 Å². The quantitative estimate of drug-likeness (QED) is 0.933. The number of alkyl halides is 3. The lowest BCUT2D eigenvalue weighted by atomic mass is 10.2. The molecule has 5 nitrogen and oxygen atoms in total. The Kier molecular flexibility index (Phi) is 4.25. The van der Waals surface area contributed by atoms with Crippen molar-refractivity contribution in [3.05, 3.63) is 35.3 Å². The number of nitrogens with zero attached hydrogens (tertiary/aromatic N) is 3. The lowest BCUT2D eigenvalue weighted by Crippen LogP contribution is -2.39. The number of nitrogens with one attached hydrogen (secondary N) is 1. The summed E-state index contributed by atoms with van der Waals surface area (Å²) >= 11 is 0. The van der Waals surface area contributed by atoms with Gasteiger partial charge in [-0.2, -0.15) is 13.2 Å². The first-order valence-electron chi connectivity index (χ1n) is 7.78. The number of carbonyl (C=O) groups is 1. The van der Waals surface area contributed by atoms with Gasteiger partial charge in [0, 0.05) is 36.7 Å². The lowest BCUT2D eigenvalue weighted by molar-refractivity contribution is -0.143. The minimum atomic E-state index is -4.21. The number of likely N-dealkylation sites (tertiary alicyclic amines) is 1. The summed E-state index contributed by atoms with van der Waals surface area (Å²) in [5, 5.41) is 2.83. The lowest BCUT2D eigenvalue weighted by Gasteiger charge is -2.18. The Labute approximate surface area is 137 Å². The topological polar surface area (TPSA) is 49.6 Å². The summed E-state index contributed by atoms with van der Waals surface area (Å²) in [6.07, 6.45) is -1.92. The van der Waals surface area contributed by atoms with Crippen molar-refractivity contribution >= 4 is 11.6 Å². The van der Waals surface area contributed by atoms with E-state index < -0.39 is 12.7 Å². The molecule has 0 radical (unpaired) electrons. The van der Waals surface area contributed by atoms with Gasteiger partial charge in [0.15, 0.2) is 0 Å². The zero-order chi connectivity index (χ0) is 17.5. The molecule has 2 aromatic heterocycles. The first kappa shape index (κ1) is 16.8. The largest absolute Gasteiger partial charge is 0.401 e. The van der Waals surface area contributed by atoms with Crippen molar-refractivity contribution in [2.24, 2.45) is 0 Å². The van der Waals surface area contributed by atoms with E-state index in [9.17, 15) is 18.0 Å². The summed E-state index contributed by atoms with van der Waals surface area (Å²) < 4.78 is 39.1. The highest BCUT2D eigenvalue weighted by Gasteiger charge is 2.34. The first-order chi connectivity index (χ1) is 11.2. The number of aryl methyl sites for hydroxylation is 2. The minimum absolute atomic E-state index is 0.211. The van der Waals surface area contributed by atoms with Gasteiger partial charge >= 0.3 is 6.18 Å². The molecule has 1 aliphatic rings. The van der Waals surface area contributed by atoms with Crippen LogP contribution in [-0.4, -0.2) is 52.0 Å². The van der Waals surface area contributed by atoms with E-state index in [1.807, 2.05) is 24.3 Å². The van der Waals surface area contributed by atoms with E-state index in [1.165, 1.54) is 4.90 Å². The second-order valence-corrected chi connectivity index (χ2v) is 6.27. The first-order valence-corrected chi connectivity index (χ1v) is 7.78. The average molecular weight is 340 g/mol. The Bertz CT molecular complexity index is 769.